The number of nitrogens with zero attached hydrogens (tertiary/aromatic N) is 1. The smallest absolute Gasteiger partial charge is 0.0804 e. The monoisotopic (exact) mass is 298 g/mol. The third-order valence-corrected chi connectivity index (χ3v) is 6.95. The molecule has 6 unspecified atom stereocenters. The van der Waals surface area contributed by atoms with E-state index >= 15 is 0 Å². The summed E-state index contributed by atoms with van der Waals surface area (Å²) in [4.78, 5) is 4.39. The summed E-state index contributed by atoms with van der Waals surface area (Å²) in [7, 11) is 0. The standard InChI is InChI=1S/C21H32N/c1-13(2)11-16-12-15(4)17-9-10-21(5,22-6)18-8-7-14(3)19(16)20(17)18/h6,11,15-18,20H,7-10,12H2,1-5H3/q+1. The predicted molar refractivity (Wildman–Crippen MR) is 95.0 cm³/mol. The van der Waals surface area contributed by atoms with E-state index in [1.807, 2.05) is 0 Å². The minimum Gasteiger partial charge on any atom is -0.0804 e. The molecule has 0 N–H and O–H groups in total. The summed E-state index contributed by atoms with van der Waals surface area (Å²) in [6, 6.07) is 0. The van der Waals surface area contributed by atoms with Crippen molar-refractivity contribution < 1.29 is 0 Å². The molecule has 1 nitrogen and oxygen atoms in total. The summed E-state index contributed by atoms with van der Waals surface area (Å²) in [5.41, 5.74) is 4.90. The molecule has 0 heterocycles. The Hall–Kier alpha value is -1.03. The van der Waals surface area contributed by atoms with Crippen molar-refractivity contribution >= 4 is 0 Å². The largest absolute Gasteiger partial charge is 0.281 e. The molecule has 3 rings (SSSR count). The Morgan fingerprint density at radius 1 is 1.32 bits per heavy atom. The Labute approximate surface area is 136 Å². The van der Waals surface area contributed by atoms with Crippen LogP contribution in [0.3, 0.4) is 0 Å². The molecule has 0 aliphatic heterocycles. The van der Waals surface area contributed by atoms with Gasteiger partial charge in [0.15, 0.2) is 0 Å². The molecule has 0 aromatic carbocycles. The van der Waals surface area contributed by atoms with E-state index in [-0.39, 0.29) is 5.54 Å². The molecule has 6 atom stereocenters. The fourth-order valence-corrected chi connectivity index (χ4v) is 5.87. The quantitative estimate of drug-likeness (QED) is 0.516. The predicted octanol–water partition coefficient (Wildman–Crippen LogP) is 6.08. The Morgan fingerprint density at radius 3 is 2.68 bits per heavy atom. The second kappa shape index (κ2) is 5.55. The van der Waals surface area contributed by atoms with Gasteiger partial charge in [0.05, 0.1) is 0 Å². The SMILES string of the molecule is C#[N+]C1(C)CCC2C(C)CC(C=C(C)C)C3=C(C)CCC1C32. The third kappa shape index (κ3) is 2.36. The zero-order chi connectivity index (χ0) is 16.1. The molecule has 3 aliphatic carbocycles. The van der Waals surface area contributed by atoms with Crippen LogP contribution in [0.25, 0.3) is 4.85 Å². The van der Waals surface area contributed by atoms with Crippen LogP contribution in [0.1, 0.15) is 66.7 Å². The van der Waals surface area contributed by atoms with Crippen LogP contribution in [0.5, 0.6) is 0 Å². The van der Waals surface area contributed by atoms with Gasteiger partial charge in [-0.3, -0.25) is 0 Å². The molecular formula is C21H32N+. The minimum atomic E-state index is -0.000297. The van der Waals surface area contributed by atoms with Crippen LogP contribution < -0.4 is 0 Å². The highest BCUT2D eigenvalue weighted by Gasteiger charge is 2.58. The topological polar surface area (TPSA) is 4.36 Å². The van der Waals surface area contributed by atoms with Crippen LogP contribution in [-0.2, 0) is 0 Å². The minimum absolute atomic E-state index is 0.000297. The Kier molecular flexibility index (Phi) is 4.00. The zero-order valence-electron chi connectivity index (χ0n) is 15.0. The van der Waals surface area contributed by atoms with Gasteiger partial charge in [-0.2, -0.15) is 0 Å². The third-order valence-electron chi connectivity index (χ3n) is 6.95. The van der Waals surface area contributed by atoms with Crippen molar-refractivity contribution in [3.8, 4) is 6.57 Å². The molecule has 3 aliphatic rings. The van der Waals surface area contributed by atoms with Crippen LogP contribution in [0, 0.1) is 36.2 Å². The summed E-state index contributed by atoms with van der Waals surface area (Å²) < 4.78 is 0. The maximum absolute atomic E-state index is 5.88. The maximum atomic E-state index is 5.88. The maximum Gasteiger partial charge on any atom is 0.281 e. The second-order valence-corrected chi connectivity index (χ2v) is 8.66. The first kappa shape index (κ1) is 15.9. The highest BCUT2D eigenvalue weighted by atomic mass is 14.8. The number of allylic oxidation sites excluding steroid dienone is 4. The zero-order valence-corrected chi connectivity index (χ0v) is 15.0. The molecule has 22 heavy (non-hydrogen) atoms. The summed E-state index contributed by atoms with van der Waals surface area (Å²) in [5.74, 6) is 3.72. The van der Waals surface area contributed by atoms with E-state index < -0.39 is 0 Å². The van der Waals surface area contributed by atoms with E-state index in [4.69, 9.17) is 6.57 Å². The van der Waals surface area contributed by atoms with Gasteiger partial charge in [0.25, 0.3) is 12.1 Å². The number of hydrogen-bond donors (Lipinski definition) is 0. The molecule has 0 bridgehead atoms. The average molecular weight is 298 g/mol. The average Bonchev–Trinajstić information content (AvgIpc) is 2.45. The van der Waals surface area contributed by atoms with Crippen molar-refractivity contribution in [1.82, 2.24) is 0 Å². The number of rotatable bonds is 1. The van der Waals surface area contributed by atoms with Crippen molar-refractivity contribution in [2.45, 2.75) is 72.3 Å². The highest BCUT2D eigenvalue weighted by molar-refractivity contribution is 5.33. The van der Waals surface area contributed by atoms with Crippen LogP contribution in [-0.4, -0.2) is 5.54 Å². The fourth-order valence-electron chi connectivity index (χ4n) is 5.87. The van der Waals surface area contributed by atoms with Gasteiger partial charge in [0, 0.05) is 19.3 Å². The van der Waals surface area contributed by atoms with Crippen molar-refractivity contribution in [3.63, 3.8) is 0 Å². The van der Waals surface area contributed by atoms with Gasteiger partial charge in [0.2, 0.25) is 0 Å². The second-order valence-electron chi connectivity index (χ2n) is 8.66. The first-order chi connectivity index (χ1) is 10.4. The molecular weight excluding hydrogens is 266 g/mol. The van der Waals surface area contributed by atoms with Gasteiger partial charge in [0.1, 0.15) is 0 Å². The number of hydrogen-bond acceptors (Lipinski definition) is 0. The molecule has 0 radical (unpaired) electrons. The van der Waals surface area contributed by atoms with Gasteiger partial charge in [-0.1, -0.05) is 34.6 Å². The van der Waals surface area contributed by atoms with E-state index in [1.54, 1.807) is 11.1 Å². The molecule has 0 spiro atoms. The van der Waals surface area contributed by atoms with E-state index in [9.17, 15) is 0 Å². The summed E-state index contributed by atoms with van der Waals surface area (Å²) in [6.07, 6.45) is 8.87. The lowest BCUT2D eigenvalue weighted by atomic mass is 9.49. The van der Waals surface area contributed by atoms with Crippen LogP contribution in [0.2, 0.25) is 0 Å². The molecule has 0 saturated heterocycles. The van der Waals surface area contributed by atoms with Gasteiger partial charge >= 0.3 is 0 Å². The van der Waals surface area contributed by atoms with Gasteiger partial charge < -0.3 is 0 Å². The van der Waals surface area contributed by atoms with E-state index in [0.29, 0.717) is 11.8 Å². The Morgan fingerprint density at radius 2 is 2.05 bits per heavy atom. The Bertz CT molecular complexity index is 557. The first-order valence-corrected chi connectivity index (χ1v) is 9.14. The normalized spacial score (nSPS) is 44.1. The summed E-state index contributed by atoms with van der Waals surface area (Å²) in [5, 5.41) is 0. The van der Waals surface area contributed by atoms with Crippen molar-refractivity contribution in [1.29, 1.82) is 0 Å². The van der Waals surface area contributed by atoms with Crippen molar-refractivity contribution in [3.05, 3.63) is 27.6 Å². The van der Waals surface area contributed by atoms with Crippen molar-refractivity contribution in [2.24, 2.45) is 29.6 Å². The molecule has 120 valence electrons. The molecule has 2 fully saturated rings. The van der Waals surface area contributed by atoms with Crippen molar-refractivity contribution in [2.75, 3.05) is 0 Å². The fraction of sp³-hybridized carbons (Fsp3) is 0.762. The highest BCUT2D eigenvalue weighted by Crippen LogP contribution is 2.59. The molecule has 0 amide bonds. The van der Waals surface area contributed by atoms with E-state index in [0.717, 1.165) is 17.8 Å². The summed E-state index contributed by atoms with van der Waals surface area (Å²) >= 11 is 0. The Balaban J connectivity index is 2.08. The lowest BCUT2D eigenvalue weighted by molar-refractivity contribution is 0.0402. The van der Waals surface area contributed by atoms with Gasteiger partial charge in [-0.15, -0.1) is 0 Å². The molecule has 1 heteroatoms. The molecule has 0 aromatic heterocycles. The van der Waals surface area contributed by atoms with Gasteiger partial charge in [-0.25, -0.2) is 0 Å². The van der Waals surface area contributed by atoms with Crippen LogP contribution in [0.4, 0.5) is 0 Å². The van der Waals surface area contributed by atoms with Crippen LogP contribution >= 0.6 is 0 Å². The molecule has 0 aromatic rings. The van der Waals surface area contributed by atoms with E-state index in [2.05, 4.69) is 45.5 Å². The first-order valence-electron chi connectivity index (χ1n) is 9.14. The van der Waals surface area contributed by atoms with Gasteiger partial charge in [-0.05, 0) is 70.1 Å². The lowest BCUT2D eigenvalue weighted by Gasteiger charge is -2.53. The van der Waals surface area contributed by atoms with E-state index in [1.165, 1.54) is 37.7 Å². The van der Waals surface area contributed by atoms with Crippen LogP contribution in [0.15, 0.2) is 22.8 Å². The summed E-state index contributed by atoms with van der Waals surface area (Å²) in [6.45, 7) is 17.5. The lowest BCUT2D eigenvalue weighted by Crippen LogP contribution is -2.51. The molecule has 2 saturated carbocycles.